The summed E-state index contributed by atoms with van der Waals surface area (Å²) in [5.41, 5.74) is 0. The van der Waals surface area contributed by atoms with Crippen molar-refractivity contribution < 1.29 is 13.5 Å². The lowest BCUT2D eigenvalue weighted by Crippen LogP contribution is -2.20. The average molecular weight is 252 g/mol. The fourth-order valence-corrected chi connectivity index (χ4v) is 3.68. The van der Waals surface area contributed by atoms with Gasteiger partial charge in [0.05, 0.1) is 6.61 Å². The highest BCUT2D eigenvalue weighted by molar-refractivity contribution is 7.55. The second kappa shape index (κ2) is 6.29. The molecule has 0 heterocycles. The molecule has 0 aromatic heterocycles. The van der Waals surface area contributed by atoms with E-state index in [1.54, 1.807) is 6.92 Å². The summed E-state index contributed by atoms with van der Waals surface area (Å²) in [4.78, 5) is 0. The van der Waals surface area contributed by atoms with E-state index in [9.17, 15) is 4.57 Å². The highest BCUT2D eigenvalue weighted by Crippen LogP contribution is 2.48. The first kappa shape index (κ1) is 13.6. The van der Waals surface area contributed by atoms with Crippen LogP contribution in [0.4, 0.5) is 0 Å². The molecule has 1 aliphatic carbocycles. The van der Waals surface area contributed by atoms with Crippen LogP contribution in [0.1, 0.15) is 39.0 Å². The molecule has 0 radical (unpaired) electrons. The second-order valence-electron chi connectivity index (χ2n) is 4.04. The Balaban J connectivity index is 2.39. The highest BCUT2D eigenvalue weighted by atomic mass is 35.5. The summed E-state index contributed by atoms with van der Waals surface area (Å²) >= 11 is 6.11. The summed E-state index contributed by atoms with van der Waals surface area (Å²) in [7, 11) is -2.95. The molecule has 1 unspecified atom stereocenters. The Kier molecular flexibility index (Phi) is 5.69. The third-order valence-corrected chi connectivity index (χ3v) is 4.58. The van der Waals surface area contributed by atoms with Gasteiger partial charge in [0, 0.05) is 6.66 Å². The van der Waals surface area contributed by atoms with Gasteiger partial charge in [-0.3, -0.25) is 4.57 Å². The van der Waals surface area contributed by atoms with Gasteiger partial charge in [0.2, 0.25) is 0 Å². The van der Waals surface area contributed by atoms with Crippen LogP contribution in [-0.2, 0) is 13.5 Å². The van der Waals surface area contributed by atoms with Crippen molar-refractivity contribution in [2.75, 3.05) is 13.3 Å². The zero-order valence-corrected chi connectivity index (χ0v) is 11.1. The lowest BCUT2D eigenvalue weighted by molar-refractivity contribution is 0.284. The van der Waals surface area contributed by atoms with E-state index in [-0.39, 0.29) is 0 Å². The molecule has 0 saturated heterocycles. The minimum atomic E-state index is -2.95. The lowest BCUT2D eigenvalue weighted by Gasteiger charge is -2.25. The summed E-state index contributed by atoms with van der Waals surface area (Å²) in [6.07, 6.45) is 5.34. The van der Waals surface area contributed by atoms with Gasteiger partial charge in [0.1, 0.15) is 0 Å². The molecule has 88 valence electrons. The first-order valence-corrected chi connectivity index (χ1v) is 8.02. The molecule has 0 spiro atoms. The quantitative estimate of drug-likeness (QED) is 0.549. The fourth-order valence-electron chi connectivity index (χ4n) is 1.93. The third-order valence-electron chi connectivity index (χ3n) is 2.68. The highest BCUT2D eigenvalue weighted by Gasteiger charge is 2.32. The number of rotatable bonds is 5. The van der Waals surface area contributed by atoms with Crippen LogP contribution < -0.4 is 0 Å². The van der Waals surface area contributed by atoms with Crippen molar-refractivity contribution >= 4 is 25.4 Å². The molecule has 1 saturated carbocycles. The molecular weight excluding hydrogens is 233 g/mol. The third kappa shape index (κ3) is 4.90. The van der Waals surface area contributed by atoms with E-state index in [1.807, 2.05) is 0 Å². The zero-order valence-electron chi connectivity index (χ0n) is 9.45. The maximum absolute atomic E-state index is 11.7. The molecule has 1 rings (SSSR count). The lowest BCUT2D eigenvalue weighted by atomic mass is 9.70. The van der Waals surface area contributed by atoms with Gasteiger partial charge in [-0.05, 0) is 12.7 Å². The van der Waals surface area contributed by atoms with E-state index in [0.717, 1.165) is 12.8 Å². The van der Waals surface area contributed by atoms with Gasteiger partial charge < -0.3 is 8.96 Å². The molecule has 3 nitrogen and oxygen atoms in total. The van der Waals surface area contributed by atoms with E-state index in [1.165, 1.54) is 25.9 Å². The molecular formula is C9H19BClO3P. The molecule has 15 heavy (non-hydrogen) atoms. The maximum atomic E-state index is 11.7. The minimum absolute atomic E-state index is 0.328. The Morgan fingerprint density at radius 1 is 1.40 bits per heavy atom. The van der Waals surface area contributed by atoms with Crippen molar-refractivity contribution in [2.24, 2.45) is 0 Å². The van der Waals surface area contributed by atoms with Crippen LogP contribution in [0.15, 0.2) is 0 Å². The Bertz CT molecular complexity index is 233. The van der Waals surface area contributed by atoms with Gasteiger partial charge in [-0.1, -0.05) is 32.1 Å². The molecule has 0 aliphatic heterocycles. The Morgan fingerprint density at radius 3 is 2.53 bits per heavy atom. The van der Waals surface area contributed by atoms with E-state index >= 15 is 0 Å². The largest absolute Gasteiger partial charge is 0.409 e. The molecule has 0 aromatic rings. The molecule has 0 bridgehead atoms. The molecule has 1 fully saturated rings. The molecule has 0 N–H and O–H groups in total. The SMILES string of the molecule is CCOP(C)(=O)OB(Cl)C1CCCCC1. The number of hydrogen-bond acceptors (Lipinski definition) is 3. The van der Waals surface area contributed by atoms with E-state index < -0.39 is 13.9 Å². The summed E-state index contributed by atoms with van der Waals surface area (Å²) in [6.45, 7) is 3.67. The summed E-state index contributed by atoms with van der Waals surface area (Å²) in [5.74, 6) is 0.328. The zero-order chi connectivity index (χ0) is 11.3. The molecule has 1 aliphatic rings. The Labute approximate surface area is 97.4 Å². The summed E-state index contributed by atoms with van der Waals surface area (Å²) in [5, 5.41) is 0. The van der Waals surface area contributed by atoms with Gasteiger partial charge in [0.25, 0.3) is 0 Å². The number of hydrogen-bond donors (Lipinski definition) is 0. The summed E-state index contributed by atoms with van der Waals surface area (Å²) < 4.78 is 22.1. The van der Waals surface area contributed by atoms with Crippen LogP contribution in [0, 0.1) is 0 Å². The van der Waals surface area contributed by atoms with Crippen LogP contribution in [0.25, 0.3) is 0 Å². The van der Waals surface area contributed by atoms with Gasteiger partial charge in [-0.2, -0.15) is 11.5 Å². The molecule has 1 atom stereocenters. The Morgan fingerprint density at radius 2 is 2.00 bits per heavy atom. The van der Waals surface area contributed by atoms with Crippen molar-refractivity contribution in [1.82, 2.24) is 0 Å². The van der Waals surface area contributed by atoms with Gasteiger partial charge in [0.15, 0.2) is 0 Å². The van der Waals surface area contributed by atoms with Crippen LogP contribution in [0.5, 0.6) is 0 Å². The van der Waals surface area contributed by atoms with E-state index in [2.05, 4.69) is 0 Å². The normalized spacial score (nSPS) is 22.3. The maximum Gasteiger partial charge on any atom is 0.409 e. The van der Waals surface area contributed by atoms with Crippen LogP contribution >= 0.6 is 19.1 Å². The van der Waals surface area contributed by atoms with Crippen LogP contribution in [-0.4, -0.2) is 19.6 Å². The van der Waals surface area contributed by atoms with Crippen molar-refractivity contribution in [3.63, 3.8) is 0 Å². The second-order valence-corrected chi connectivity index (χ2v) is 6.49. The Hall–Kier alpha value is 0.505. The molecule has 0 amide bonds. The minimum Gasteiger partial charge on any atom is -0.352 e. The van der Waals surface area contributed by atoms with Crippen molar-refractivity contribution in [2.45, 2.75) is 44.8 Å². The van der Waals surface area contributed by atoms with Crippen molar-refractivity contribution in [3.05, 3.63) is 0 Å². The predicted molar refractivity (Wildman–Crippen MR) is 64.7 cm³/mol. The standard InChI is InChI=1S/C9H19BClO3P/c1-3-13-15(2,12)14-10(11)9-7-5-4-6-8-9/h9H,3-8H2,1-2H3. The number of halogens is 1. The van der Waals surface area contributed by atoms with Gasteiger partial charge in [-0.15, -0.1) is 0 Å². The first-order chi connectivity index (χ1) is 7.05. The van der Waals surface area contributed by atoms with E-state index in [0.29, 0.717) is 12.4 Å². The molecule has 0 aromatic carbocycles. The first-order valence-electron chi connectivity index (χ1n) is 5.59. The summed E-state index contributed by atoms with van der Waals surface area (Å²) in [6, 6.07) is 0. The van der Waals surface area contributed by atoms with Gasteiger partial charge >= 0.3 is 13.9 Å². The average Bonchev–Trinajstić information content (AvgIpc) is 2.18. The monoisotopic (exact) mass is 252 g/mol. The van der Waals surface area contributed by atoms with Crippen molar-refractivity contribution in [1.29, 1.82) is 0 Å². The van der Waals surface area contributed by atoms with Crippen molar-refractivity contribution in [3.8, 4) is 0 Å². The van der Waals surface area contributed by atoms with Gasteiger partial charge in [-0.25, -0.2) is 0 Å². The fraction of sp³-hybridized carbons (Fsp3) is 1.00. The smallest absolute Gasteiger partial charge is 0.352 e. The van der Waals surface area contributed by atoms with Crippen LogP contribution in [0.2, 0.25) is 5.82 Å². The molecule has 6 heteroatoms. The predicted octanol–water partition coefficient (Wildman–Crippen LogP) is 3.92. The van der Waals surface area contributed by atoms with Crippen LogP contribution in [0.3, 0.4) is 0 Å². The topological polar surface area (TPSA) is 35.5 Å². The van der Waals surface area contributed by atoms with E-state index in [4.69, 9.17) is 20.4 Å².